The van der Waals surface area contributed by atoms with Crippen LogP contribution in [-0.4, -0.2) is 36.6 Å². The molecule has 0 radical (unpaired) electrons. The van der Waals surface area contributed by atoms with Gasteiger partial charge < -0.3 is 16.0 Å². The summed E-state index contributed by atoms with van der Waals surface area (Å²) in [6.07, 6.45) is 4.93. The van der Waals surface area contributed by atoms with E-state index in [1.807, 2.05) is 6.92 Å². The van der Waals surface area contributed by atoms with Crippen molar-refractivity contribution in [1.82, 2.24) is 10.6 Å². The van der Waals surface area contributed by atoms with Crippen molar-refractivity contribution in [2.75, 3.05) is 25.0 Å². The number of nitro benzene ring substituents is 1. The monoisotopic (exact) mass is 319 g/mol. The highest BCUT2D eigenvalue weighted by Gasteiger charge is 2.15. The third kappa shape index (κ3) is 5.43. The van der Waals surface area contributed by atoms with Crippen molar-refractivity contribution in [2.24, 2.45) is 4.99 Å². The van der Waals surface area contributed by atoms with Gasteiger partial charge in [-0.15, -0.1) is 0 Å². The van der Waals surface area contributed by atoms with E-state index in [0.717, 1.165) is 12.5 Å². The quantitative estimate of drug-likeness (QED) is 0.236. The summed E-state index contributed by atoms with van der Waals surface area (Å²) in [6, 6.07) is 7.16. The van der Waals surface area contributed by atoms with Crippen molar-refractivity contribution in [3.8, 4) is 0 Å². The second-order valence-electron chi connectivity index (χ2n) is 5.59. The van der Waals surface area contributed by atoms with E-state index in [0.29, 0.717) is 24.8 Å². The molecule has 1 saturated carbocycles. The zero-order chi connectivity index (χ0) is 16.5. The molecule has 2 rings (SSSR count). The standard InChI is InChI=1S/C16H25N5O2/c1-2-17-16(20-13-7-3-4-8-13)19-12-11-18-14-9-5-6-10-15(14)21(22)23/h5-6,9-10,13,18H,2-4,7-8,11-12H2,1H3,(H2,17,19,20). The maximum atomic E-state index is 11.0. The lowest BCUT2D eigenvalue weighted by Crippen LogP contribution is -2.42. The van der Waals surface area contributed by atoms with E-state index in [1.165, 1.54) is 31.7 Å². The first-order valence-corrected chi connectivity index (χ1v) is 8.23. The molecule has 7 heteroatoms. The SMILES string of the molecule is CCNC(=NCCNc1ccccc1[N+](=O)[O-])NC1CCCC1. The van der Waals surface area contributed by atoms with Gasteiger partial charge in [0.15, 0.2) is 5.96 Å². The van der Waals surface area contributed by atoms with Crippen LogP contribution in [0.1, 0.15) is 32.6 Å². The lowest BCUT2D eigenvalue weighted by molar-refractivity contribution is -0.384. The van der Waals surface area contributed by atoms with Gasteiger partial charge in [0.1, 0.15) is 5.69 Å². The maximum Gasteiger partial charge on any atom is 0.292 e. The molecular formula is C16H25N5O2. The minimum Gasteiger partial charge on any atom is -0.378 e. The summed E-state index contributed by atoms with van der Waals surface area (Å²) in [5, 5.41) is 20.7. The number of nitro groups is 1. The van der Waals surface area contributed by atoms with Gasteiger partial charge in [-0.2, -0.15) is 0 Å². The molecule has 7 nitrogen and oxygen atoms in total. The van der Waals surface area contributed by atoms with Crippen LogP contribution in [-0.2, 0) is 0 Å². The van der Waals surface area contributed by atoms with Gasteiger partial charge in [-0.25, -0.2) is 0 Å². The lowest BCUT2D eigenvalue weighted by Gasteiger charge is -2.16. The Morgan fingerprint density at radius 1 is 1.35 bits per heavy atom. The highest BCUT2D eigenvalue weighted by atomic mass is 16.6. The number of hydrogen-bond acceptors (Lipinski definition) is 4. The molecule has 1 fully saturated rings. The fourth-order valence-corrected chi connectivity index (χ4v) is 2.72. The molecular weight excluding hydrogens is 294 g/mol. The first kappa shape index (κ1) is 17.1. The van der Waals surface area contributed by atoms with Gasteiger partial charge in [0.05, 0.1) is 11.5 Å². The van der Waals surface area contributed by atoms with Crippen molar-refractivity contribution in [3.05, 3.63) is 34.4 Å². The molecule has 1 aliphatic carbocycles. The Balaban J connectivity index is 1.84. The third-order valence-electron chi connectivity index (χ3n) is 3.84. The lowest BCUT2D eigenvalue weighted by atomic mass is 10.2. The molecule has 126 valence electrons. The molecule has 0 spiro atoms. The van der Waals surface area contributed by atoms with Crippen molar-refractivity contribution >= 4 is 17.3 Å². The Bertz CT molecular complexity index is 541. The fraction of sp³-hybridized carbons (Fsp3) is 0.562. The van der Waals surface area contributed by atoms with Crippen LogP contribution < -0.4 is 16.0 Å². The molecule has 0 unspecified atom stereocenters. The van der Waals surface area contributed by atoms with Crippen molar-refractivity contribution in [3.63, 3.8) is 0 Å². The largest absolute Gasteiger partial charge is 0.378 e. The van der Waals surface area contributed by atoms with Crippen LogP contribution in [0.2, 0.25) is 0 Å². The number of anilines is 1. The number of benzene rings is 1. The van der Waals surface area contributed by atoms with Crippen LogP contribution in [0.15, 0.2) is 29.3 Å². The van der Waals surface area contributed by atoms with Crippen LogP contribution >= 0.6 is 0 Å². The van der Waals surface area contributed by atoms with Gasteiger partial charge in [0.2, 0.25) is 0 Å². The third-order valence-corrected chi connectivity index (χ3v) is 3.84. The molecule has 23 heavy (non-hydrogen) atoms. The maximum absolute atomic E-state index is 11.0. The molecule has 1 aromatic carbocycles. The Morgan fingerprint density at radius 3 is 2.78 bits per heavy atom. The molecule has 3 N–H and O–H groups in total. The van der Waals surface area contributed by atoms with Gasteiger partial charge in [-0.1, -0.05) is 25.0 Å². The average Bonchev–Trinajstić information content (AvgIpc) is 3.05. The Kier molecular flexibility index (Phi) is 6.65. The number of nitrogens with zero attached hydrogens (tertiary/aromatic N) is 2. The average molecular weight is 319 g/mol. The topological polar surface area (TPSA) is 91.6 Å². The first-order valence-electron chi connectivity index (χ1n) is 8.23. The fourth-order valence-electron chi connectivity index (χ4n) is 2.72. The van der Waals surface area contributed by atoms with Crippen LogP contribution in [0.3, 0.4) is 0 Å². The van der Waals surface area contributed by atoms with E-state index in [4.69, 9.17) is 0 Å². The summed E-state index contributed by atoms with van der Waals surface area (Å²) in [5.74, 6) is 0.823. The van der Waals surface area contributed by atoms with E-state index in [-0.39, 0.29) is 10.6 Å². The number of nitrogens with one attached hydrogen (secondary N) is 3. The van der Waals surface area contributed by atoms with Crippen LogP contribution in [0.25, 0.3) is 0 Å². The van der Waals surface area contributed by atoms with Crippen molar-refractivity contribution in [1.29, 1.82) is 0 Å². The highest BCUT2D eigenvalue weighted by Crippen LogP contribution is 2.22. The molecule has 0 amide bonds. The Hall–Kier alpha value is -2.31. The van der Waals surface area contributed by atoms with E-state index >= 15 is 0 Å². The second-order valence-corrected chi connectivity index (χ2v) is 5.59. The first-order chi connectivity index (χ1) is 11.2. The summed E-state index contributed by atoms with van der Waals surface area (Å²) in [4.78, 5) is 15.1. The van der Waals surface area contributed by atoms with Crippen LogP contribution in [0.5, 0.6) is 0 Å². The smallest absolute Gasteiger partial charge is 0.292 e. The van der Waals surface area contributed by atoms with Crippen LogP contribution in [0.4, 0.5) is 11.4 Å². The van der Waals surface area contributed by atoms with Crippen molar-refractivity contribution < 1.29 is 4.92 Å². The zero-order valence-corrected chi connectivity index (χ0v) is 13.5. The molecule has 0 atom stereocenters. The van der Waals surface area contributed by atoms with Gasteiger partial charge in [0.25, 0.3) is 5.69 Å². The number of para-hydroxylation sites is 2. The van der Waals surface area contributed by atoms with E-state index in [1.54, 1.807) is 18.2 Å². The number of hydrogen-bond donors (Lipinski definition) is 3. The van der Waals surface area contributed by atoms with Crippen LogP contribution in [0, 0.1) is 10.1 Å². The van der Waals surface area contributed by atoms with Gasteiger partial charge >= 0.3 is 0 Å². The Morgan fingerprint density at radius 2 is 2.09 bits per heavy atom. The molecule has 1 aromatic rings. The number of rotatable bonds is 7. The van der Waals surface area contributed by atoms with Gasteiger partial charge in [-0.3, -0.25) is 15.1 Å². The highest BCUT2D eigenvalue weighted by molar-refractivity contribution is 5.80. The van der Waals surface area contributed by atoms with E-state index in [9.17, 15) is 10.1 Å². The number of guanidine groups is 1. The van der Waals surface area contributed by atoms with E-state index in [2.05, 4.69) is 20.9 Å². The molecule has 0 bridgehead atoms. The summed E-state index contributed by atoms with van der Waals surface area (Å²) >= 11 is 0. The second kappa shape index (κ2) is 8.97. The minimum absolute atomic E-state index is 0.0902. The predicted octanol–water partition coefficient (Wildman–Crippen LogP) is 2.50. The minimum atomic E-state index is -0.378. The molecule has 0 saturated heterocycles. The summed E-state index contributed by atoms with van der Waals surface area (Å²) in [7, 11) is 0. The molecule has 0 heterocycles. The molecule has 0 aliphatic heterocycles. The summed E-state index contributed by atoms with van der Waals surface area (Å²) in [6.45, 7) is 3.95. The summed E-state index contributed by atoms with van der Waals surface area (Å²) in [5.41, 5.74) is 0.619. The van der Waals surface area contributed by atoms with Crippen molar-refractivity contribution in [2.45, 2.75) is 38.6 Å². The normalized spacial score (nSPS) is 15.4. The number of aliphatic imine (C=N–C) groups is 1. The van der Waals surface area contributed by atoms with E-state index < -0.39 is 0 Å². The molecule has 0 aromatic heterocycles. The van der Waals surface area contributed by atoms with Gasteiger partial charge in [0, 0.05) is 25.2 Å². The van der Waals surface area contributed by atoms with Gasteiger partial charge in [-0.05, 0) is 25.8 Å². The Labute approximate surface area is 136 Å². The predicted molar refractivity (Wildman–Crippen MR) is 93.0 cm³/mol. The zero-order valence-electron chi connectivity index (χ0n) is 13.5. The summed E-state index contributed by atoms with van der Waals surface area (Å²) < 4.78 is 0. The molecule has 1 aliphatic rings.